The monoisotopic (exact) mass is 603 g/mol. The molecule has 2 aliphatic carbocycles. The molecule has 232 valence electrons. The fraction of sp³-hybridized carbons (Fsp3) is 0.421. The van der Waals surface area contributed by atoms with Crippen LogP contribution in [0.2, 0.25) is 6.32 Å². The molecule has 6 nitrogen and oxygen atoms in total. The van der Waals surface area contributed by atoms with Gasteiger partial charge in [0.1, 0.15) is 5.75 Å². The third kappa shape index (κ3) is 5.55. The summed E-state index contributed by atoms with van der Waals surface area (Å²) in [4.78, 5) is 29.4. The number of hydrogen-bond donors (Lipinski definition) is 2. The summed E-state index contributed by atoms with van der Waals surface area (Å²) < 4.78 is 6.29. The summed E-state index contributed by atoms with van der Waals surface area (Å²) in [6.07, 6.45) is 10.1. The maximum absolute atomic E-state index is 14.0. The van der Waals surface area contributed by atoms with Crippen molar-refractivity contribution in [1.82, 2.24) is 4.90 Å². The number of rotatable bonds is 7. The minimum Gasteiger partial charge on any atom is -0.507 e. The fourth-order valence-electron chi connectivity index (χ4n) is 8.68. The zero-order valence-corrected chi connectivity index (χ0v) is 26.0. The molecule has 0 aromatic heterocycles. The third-order valence-electron chi connectivity index (χ3n) is 10.8. The number of carbonyl (C=O) groups excluding carboxylic acids is 2. The molecule has 0 unspecified atom stereocenters. The number of allylic oxidation sites excluding steroid dienone is 2. The predicted molar refractivity (Wildman–Crippen MR) is 178 cm³/mol. The van der Waals surface area contributed by atoms with Crippen molar-refractivity contribution in [2.24, 2.45) is 17.8 Å². The zero-order chi connectivity index (χ0) is 31.1. The van der Waals surface area contributed by atoms with Crippen LogP contribution in [0.3, 0.4) is 0 Å². The minimum absolute atomic E-state index is 0.00912. The Morgan fingerprint density at radius 3 is 2.42 bits per heavy atom. The van der Waals surface area contributed by atoms with Crippen molar-refractivity contribution < 1.29 is 24.4 Å². The molecule has 2 amide bonds. The summed E-state index contributed by atoms with van der Waals surface area (Å²) in [5, 5.41) is 23.3. The van der Waals surface area contributed by atoms with Crippen LogP contribution in [0.4, 0.5) is 0 Å². The van der Waals surface area contributed by atoms with Gasteiger partial charge in [0.05, 0.1) is 17.9 Å². The van der Waals surface area contributed by atoms with E-state index in [1.807, 2.05) is 48.5 Å². The van der Waals surface area contributed by atoms with Gasteiger partial charge in [-0.15, -0.1) is 0 Å². The van der Waals surface area contributed by atoms with E-state index < -0.39 is 13.0 Å². The number of phenolic OH excluding ortho intramolecular Hbond substituents is 1. The summed E-state index contributed by atoms with van der Waals surface area (Å²) in [5.74, 6) is -0.657. The van der Waals surface area contributed by atoms with Crippen LogP contribution in [-0.4, -0.2) is 46.1 Å². The van der Waals surface area contributed by atoms with Crippen LogP contribution in [0.1, 0.15) is 75.8 Å². The molecule has 1 saturated carbocycles. The Kier molecular flexibility index (Phi) is 8.41. The number of carbonyl (C=O) groups is 2. The number of imide groups is 1. The maximum atomic E-state index is 14.0. The van der Waals surface area contributed by atoms with E-state index in [4.69, 9.17) is 4.65 Å². The first-order valence-corrected chi connectivity index (χ1v) is 16.8. The van der Waals surface area contributed by atoms with Crippen LogP contribution in [0.15, 0.2) is 77.9 Å². The lowest BCUT2D eigenvalue weighted by molar-refractivity contribution is -0.143. The van der Waals surface area contributed by atoms with E-state index in [9.17, 15) is 19.7 Å². The molecule has 7 heteroatoms. The van der Waals surface area contributed by atoms with Gasteiger partial charge in [-0.05, 0) is 84.5 Å². The third-order valence-corrected chi connectivity index (χ3v) is 10.8. The van der Waals surface area contributed by atoms with E-state index in [0.29, 0.717) is 25.6 Å². The molecule has 3 fully saturated rings. The Morgan fingerprint density at radius 1 is 0.933 bits per heavy atom. The highest BCUT2D eigenvalue weighted by molar-refractivity contribution is 6.43. The van der Waals surface area contributed by atoms with E-state index in [1.165, 1.54) is 12.0 Å². The lowest BCUT2D eigenvalue weighted by atomic mass is 9.58. The molecule has 0 bridgehead atoms. The number of phenols is 1. The molecule has 0 spiro atoms. The van der Waals surface area contributed by atoms with Crippen molar-refractivity contribution >= 4 is 41.4 Å². The van der Waals surface area contributed by atoms with Crippen molar-refractivity contribution in [2.45, 2.75) is 83.2 Å². The number of likely N-dealkylation sites (tertiary alicyclic amines) is 1. The highest BCUT2D eigenvalue weighted by Crippen LogP contribution is 2.52. The molecule has 7 rings (SSSR count). The van der Waals surface area contributed by atoms with Gasteiger partial charge >= 0.3 is 7.12 Å². The molecule has 3 aromatic carbocycles. The van der Waals surface area contributed by atoms with Crippen molar-refractivity contribution in [3.63, 3.8) is 0 Å². The highest BCUT2D eigenvalue weighted by atomic mass is 16.5. The fourth-order valence-corrected chi connectivity index (χ4v) is 8.68. The van der Waals surface area contributed by atoms with Gasteiger partial charge in [0.25, 0.3) is 0 Å². The quantitative estimate of drug-likeness (QED) is 0.127. The van der Waals surface area contributed by atoms with Gasteiger partial charge < -0.3 is 14.8 Å². The van der Waals surface area contributed by atoms with E-state index >= 15 is 0 Å². The lowest BCUT2D eigenvalue weighted by Gasteiger charge is -2.43. The number of hydrogen-bond acceptors (Lipinski definition) is 5. The predicted octanol–water partition coefficient (Wildman–Crippen LogP) is 7.41. The Balaban J connectivity index is 1.21. The van der Waals surface area contributed by atoms with Gasteiger partial charge in [0.15, 0.2) is 0 Å². The maximum Gasteiger partial charge on any atom is 0.455 e. The molecule has 3 aromatic rings. The topological polar surface area (TPSA) is 87.1 Å². The first-order valence-electron chi connectivity index (χ1n) is 16.8. The minimum atomic E-state index is -0.975. The molecule has 45 heavy (non-hydrogen) atoms. The second kappa shape index (κ2) is 12.6. The molecule has 2 N–H and O–H groups in total. The Labute approximate surface area is 265 Å². The highest BCUT2D eigenvalue weighted by Gasteiger charge is 2.58. The second-order valence-electron chi connectivity index (χ2n) is 13.3. The number of aromatic hydroxyl groups is 1. The van der Waals surface area contributed by atoms with Crippen LogP contribution in [0.25, 0.3) is 22.4 Å². The Bertz CT molecular complexity index is 1660. The summed E-state index contributed by atoms with van der Waals surface area (Å²) in [6, 6.07) is 21.9. The van der Waals surface area contributed by atoms with Crippen molar-refractivity contribution in [1.29, 1.82) is 0 Å². The number of fused-ring (bicyclic) bond motifs is 4. The first-order chi connectivity index (χ1) is 21.9. The molecule has 0 radical (unpaired) electrons. The van der Waals surface area contributed by atoms with Crippen LogP contribution < -0.4 is 0 Å². The van der Waals surface area contributed by atoms with E-state index in [2.05, 4.69) is 25.1 Å². The summed E-state index contributed by atoms with van der Waals surface area (Å²) in [6.45, 7) is 2.13. The summed E-state index contributed by atoms with van der Waals surface area (Å²) in [7, 11) is -0.975. The van der Waals surface area contributed by atoms with Crippen molar-refractivity contribution in [3.05, 3.63) is 89.0 Å². The molecular formula is C38H42BNO5. The number of amides is 2. The molecule has 4 atom stereocenters. The Hall–Kier alpha value is -3.68. The lowest BCUT2D eigenvalue weighted by Crippen LogP contribution is -2.46. The number of nitrogens with zero attached hydrogens (tertiary/aromatic N) is 1. The second-order valence-corrected chi connectivity index (χ2v) is 13.3. The standard InChI is InChI=1S/C38H42BNO5/c1-2-24-22-31-36(38(43)40(37(31)42)28-13-7-4-8-14-28)32-23-39(44)45-34(35(24)32)20-18-26(25-11-5-3-6-12-25)21-27-17-19-33(41)30-16-10-9-15-29(27)30/h3,5-6,9-12,15-17,19,21,28,31-32,34,36,41,44H,2,4,7-8,13-14,18,20,22-23H2,1H3/b26-21-/t31-,32+,34-,36-/m1/s1. The van der Waals surface area contributed by atoms with E-state index in [0.717, 1.165) is 65.1 Å². The van der Waals surface area contributed by atoms with Gasteiger partial charge in [-0.2, -0.15) is 0 Å². The first kappa shape index (κ1) is 30.0. The van der Waals surface area contributed by atoms with Crippen molar-refractivity contribution in [3.8, 4) is 5.75 Å². The van der Waals surface area contributed by atoms with Crippen LogP contribution >= 0.6 is 0 Å². The van der Waals surface area contributed by atoms with Gasteiger partial charge in [-0.3, -0.25) is 14.5 Å². The van der Waals surface area contributed by atoms with Crippen LogP contribution in [-0.2, 0) is 14.2 Å². The SMILES string of the molecule is CCC1=C2[C@@H](CC/C(=C/c3ccc(O)c4ccccc34)c3ccccc3)OB(O)C[C@@H]2[C@@H]2C(=O)N(C3CCCCC3)C(=O)[C@@H]2C1. The van der Waals surface area contributed by atoms with Gasteiger partial charge in [-0.25, -0.2) is 0 Å². The average molecular weight is 604 g/mol. The van der Waals surface area contributed by atoms with Crippen molar-refractivity contribution in [2.75, 3.05) is 0 Å². The van der Waals surface area contributed by atoms with Crippen LogP contribution in [0.5, 0.6) is 5.75 Å². The smallest absolute Gasteiger partial charge is 0.455 e. The zero-order valence-electron chi connectivity index (χ0n) is 26.0. The summed E-state index contributed by atoms with van der Waals surface area (Å²) in [5.41, 5.74) is 5.64. The molecule has 2 aliphatic heterocycles. The summed E-state index contributed by atoms with van der Waals surface area (Å²) >= 11 is 0. The van der Waals surface area contributed by atoms with Gasteiger partial charge in [0, 0.05) is 11.4 Å². The van der Waals surface area contributed by atoms with E-state index in [1.54, 1.807) is 11.0 Å². The van der Waals surface area contributed by atoms with Gasteiger partial charge in [0.2, 0.25) is 11.8 Å². The van der Waals surface area contributed by atoms with E-state index in [-0.39, 0.29) is 41.5 Å². The van der Waals surface area contributed by atoms with Gasteiger partial charge in [-0.1, -0.05) is 98.5 Å². The molecule has 4 aliphatic rings. The largest absolute Gasteiger partial charge is 0.507 e. The average Bonchev–Trinajstić information content (AvgIpc) is 3.33. The molecule has 2 saturated heterocycles. The normalized spacial score (nSPS) is 26.0. The Morgan fingerprint density at radius 2 is 1.67 bits per heavy atom. The van der Waals surface area contributed by atoms with Crippen LogP contribution in [0, 0.1) is 17.8 Å². The molecule has 2 heterocycles. The molecular weight excluding hydrogens is 561 g/mol. The number of benzene rings is 3.